The summed E-state index contributed by atoms with van der Waals surface area (Å²) in [5, 5.41) is 27.2. The fourth-order valence-corrected chi connectivity index (χ4v) is 4.64. The maximum atomic E-state index is 13.4. The summed E-state index contributed by atoms with van der Waals surface area (Å²) in [6.07, 6.45) is 0.0451. The van der Waals surface area contributed by atoms with Gasteiger partial charge in [0.2, 0.25) is 35.4 Å². The van der Waals surface area contributed by atoms with Crippen molar-refractivity contribution in [3.63, 3.8) is 0 Å². The lowest BCUT2D eigenvalue weighted by molar-refractivity contribution is -0.133. The van der Waals surface area contributed by atoms with Gasteiger partial charge in [0, 0.05) is 26.4 Å². The van der Waals surface area contributed by atoms with Gasteiger partial charge in [0.15, 0.2) is 0 Å². The van der Waals surface area contributed by atoms with Crippen LogP contribution in [-0.2, 0) is 28.8 Å². The molecular weight excluding hydrogens is 568 g/mol. The Morgan fingerprint density at radius 1 is 0.682 bits per heavy atom. The molecule has 0 aromatic heterocycles. The zero-order valence-corrected chi connectivity index (χ0v) is 28.2. The molecule has 0 aliphatic rings. The highest BCUT2D eigenvalue weighted by molar-refractivity contribution is 5.92. The molecule has 13 nitrogen and oxygen atoms in total. The molecule has 0 saturated carbocycles. The van der Waals surface area contributed by atoms with Gasteiger partial charge in [-0.3, -0.25) is 28.8 Å². The van der Waals surface area contributed by atoms with Crippen molar-refractivity contribution in [3.8, 4) is 0 Å². The normalized spacial score (nSPS) is 14.7. The van der Waals surface area contributed by atoms with Crippen molar-refractivity contribution < 1.29 is 33.9 Å². The van der Waals surface area contributed by atoms with Gasteiger partial charge >= 0.3 is 0 Å². The second-order valence-electron chi connectivity index (χ2n) is 12.5. The third kappa shape index (κ3) is 17.2. The standard InChI is InChI=1S/C31H58N6O7/c1-10-12-22(35-30(43)24(16-19(5)6)34-26(40)13-14-33-21(9)38)29(42)36-23(15-18(3)4)25(39)17-27(41)37-28(20(7)8)31(44)32-11-2/h18-20,22-25,28,39H,10-17H2,1-9H3,(H,32,44)(H,33,38)(H,34,40)(H,35,43)(H,36,42)(H,37,41)/t22-,23-,24-,25-,28-/m0/s1. The first-order valence-corrected chi connectivity index (χ1v) is 15.9. The number of nitrogens with one attached hydrogen (secondary N) is 6. The second-order valence-corrected chi connectivity index (χ2v) is 12.5. The highest BCUT2D eigenvalue weighted by Gasteiger charge is 2.32. The Morgan fingerprint density at radius 2 is 1.27 bits per heavy atom. The molecule has 0 spiro atoms. The number of carbonyl (C=O) groups excluding carboxylic acids is 6. The van der Waals surface area contributed by atoms with E-state index in [0.717, 1.165) is 0 Å². The van der Waals surface area contributed by atoms with Crippen LogP contribution >= 0.6 is 0 Å². The fourth-order valence-electron chi connectivity index (χ4n) is 4.64. The molecule has 0 aromatic rings. The molecule has 0 bridgehead atoms. The van der Waals surface area contributed by atoms with Gasteiger partial charge in [0.1, 0.15) is 18.1 Å². The number of aliphatic hydroxyl groups is 1. The van der Waals surface area contributed by atoms with E-state index in [4.69, 9.17) is 0 Å². The largest absolute Gasteiger partial charge is 0.390 e. The number of hydrogen-bond acceptors (Lipinski definition) is 7. The summed E-state index contributed by atoms with van der Waals surface area (Å²) in [4.78, 5) is 75.4. The smallest absolute Gasteiger partial charge is 0.243 e. The van der Waals surface area contributed by atoms with Crippen molar-refractivity contribution in [1.82, 2.24) is 31.9 Å². The molecule has 44 heavy (non-hydrogen) atoms. The molecule has 0 radical (unpaired) electrons. The number of amides is 6. The predicted octanol–water partition coefficient (Wildman–Crippen LogP) is 0.887. The minimum atomic E-state index is -1.24. The zero-order valence-electron chi connectivity index (χ0n) is 28.2. The Hall–Kier alpha value is -3.22. The average Bonchev–Trinajstić information content (AvgIpc) is 2.89. The molecule has 254 valence electrons. The van der Waals surface area contributed by atoms with Crippen LogP contribution in [0.3, 0.4) is 0 Å². The third-order valence-electron chi connectivity index (χ3n) is 6.82. The van der Waals surface area contributed by atoms with E-state index in [-0.39, 0.29) is 49.0 Å². The van der Waals surface area contributed by atoms with Gasteiger partial charge in [-0.05, 0) is 43.9 Å². The van der Waals surface area contributed by atoms with E-state index in [1.165, 1.54) is 6.92 Å². The van der Waals surface area contributed by atoms with Crippen molar-refractivity contribution in [3.05, 3.63) is 0 Å². The summed E-state index contributed by atoms with van der Waals surface area (Å²) in [5.41, 5.74) is 0. The molecule has 5 atom stereocenters. The monoisotopic (exact) mass is 626 g/mol. The number of aliphatic hydroxyl groups excluding tert-OH is 1. The van der Waals surface area contributed by atoms with Crippen LogP contribution in [0.4, 0.5) is 0 Å². The van der Waals surface area contributed by atoms with Crippen LogP contribution < -0.4 is 31.9 Å². The van der Waals surface area contributed by atoms with Gasteiger partial charge in [-0.1, -0.05) is 54.9 Å². The number of hydrogen-bond donors (Lipinski definition) is 7. The Morgan fingerprint density at radius 3 is 1.77 bits per heavy atom. The van der Waals surface area contributed by atoms with Gasteiger partial charge in [0.25, 0.3) is 0 Å². The van der Waals surface area contributed by atoms with Crippen LogP contribution in [-0.4, -0.2) is 83.9 Å². The van der Waals surface area contributed by atoms with Crippen molar-refractivity contribution in [2.45, 2.75) is 131 Å². The van der Waals surface area contributed by atoms with E-state index in [2.05, 4.69) is 31.9 Å². The highest BCUT2D eigenvalue weighted by Crippen LogP contribution is 2.14. The minimum absolute atomic E-state index is 0.00384. The molecule has 7 N–H and O–H groups in total. The van der Waals surface area contributed by atoms with Crippen molar-refractivity contribution in [2.24, 2.45) is 17.8 Å². The molecule has 0 unspecified atom stereocenters. The summed E-state index contributed by atoms with van der Waals surface area (Å²) in [5.74, 6) is -2.54. The predicted molar refractivity (Wildman–Crippen MR) is 169 cm³/mol. The second kappa shape index (κ2) is 21.5. The molecule has 0 aromatic carbocycles. The molecule has 13 heteroatoms. The van der Waals surface area contributed by atoms with E-state index in [1.807, 2.05) is 48.5 Å². The maximum absolute atomic E-state index is 13.4. The van der Waals surface area contributed by atoms with E-state index in [0.29, 0.717) is 32.2 Å². The van der Waals surface area contributed by atoms with Gasteiger partial charge in [-0.2, -0.15) is 0 Å². The van der Waals surface area contributed by atoms with Crippen LogP contribution in [0.15, 0.2) is 0 Å². The quantitative estimate of drug-likeness (QED) is 0.0982. The van der Waals surface area contributed by atoms with E-state index in [1.54, 1.807) is 6.92 Å². The van der Waals surface area contributed by atoms with Crippen molar-refractivity contribution in [2.75, 3.05) is 13.1 Å². The summed E-state index contributed by atoms with van der Waals surface area (Å²) < 4.78 is 0. The van der Waals surface area contributed by atoms with Crippen molar-refractivity contribution in [1.29, 1.82) is 0 Å². The molecule has 0 saturated heterocycles. The van der Waals surface area contributed by atoms with Crippen LogP contribution in [0.1, 0.15) is 101 Å². The van der Waals surface area contributed by atoms with Crippen molar-refractivity contribution >= 4 is 35.4 Å². The van der Waals surface area contributed by atoms with E-state index < -0.39 is 53.9 Å². The van der Waals surface area contributed by atoms with Gasteiger partial charge in [-0.15, -0.1) is 0 Å². The lowest BCUT2D eigenvalue weighted by Crippen LogP contribution is -2.57. The first-order chi connectivity index (χ1) is 20.5. The third-order valence-corrected chi connectivity index (χ3v) is 6.82. The molecule has 0 aliphatic carbocycles. The minimum Gasteiger partial charge on any atom is -0.390 e. The maximum Gasteiger partial charge on any atom is 0.243 e. The van der Waals surface area contributed by atoms with Gasteiger partial charge < -0.3 is 37.0 Å². The summed E-state index contributed by atoms with van der Waals surface area (Å²) >= 11 is 0. The topological polar surface area (TPSA) is 195 Å². The average molecular weight is 627 g/mol. The Labute approximate surface area is 263 Å². The first-order valence-electron chi connectivity index (χ1n) is 15.9. The summed E-state index contributed by atoms with van der Waals surface area (Å²) in [6, 6.07) is -3.36. The summed E-state index contributed by atoms with van der Waals surface area (Å²) in [7, 11) is 0. The number of likely N-dealkylation sites (N-methyl/N-ethyl adjacent to an activating group) is 1. The van der Waals surface area contributed by atoms with Gasteiger partial charge in [0.05, 0.1) is 18.6 Å². The molecular formula is C31H58N6O7. The molecule has 0 fully saturated rings. The van der Waals surface area contributed by atoms with Crippen LogP contribution in [0.2, 0.25) is 0 Å². The number of carbonyl (C=O) groups is 6. The highest BCUT2D eigenvalue weighted by atomic mass is 16.3. The molecule has 0 aliphatic heterocycles. The van der Waals surface area contributed by atoms with Crippen LogP contribution in [0.25, 0.3) is 0 Å². The fraction of sp³-hybridized carbons (Fsp3) is 0.806. The van der Waals surface area contributed by atoms with Crippen LogP contribution in [0.5, 0.6) is 0 Å². The SMILES string of the molecule is CCC[C@H](NC(=O)[C@H](CC(C)C)NC(=O)CCNC(C)=O)C(=O)N[C@@H](CC(C)C)[C@@H](O)CC(=O)N[C@H](C(=O)NCC)C(C)C. The number of rotatable bonds is 21. The lowest BCUT2D eigenvalue weighted by atomic mass is 9.95. The molecule has 0 heterocycles. The first kappa shape index (κ1) is 40.8. The van der Waals surface area contributed by atoms with E-state index in [9.17, 15) is 33.9 Å². The van der Waals surface area contributed by atoms with Crippen LogP contribution in [0, 0.1) is 17.8 Å². The zero-order chi connectivity index (χ0) is 34.0. The van der Waals surface area contributed by atoms with E-state index >= 15 is 0 Å². The summed E-state index contributed by atoms with van der Waals surface area (Å²) in [6.45, 7) is 16.8. The lowest BCUT2D eigenvalue weighted by Gasteiger charge is -2.29. The Bertz CT molecular complexity index is 940. The molecule has 6 amide bonds. The van der Waals surface area contributed by atoms with Gasteiger partial charge in [-0.25, -0.2) is 0 Å². The molecule has 0 rings (SSSR count). The Kier molecular flexibility index (Phi) is 19.9. The Balaban J connectivity index is 5.62.